The first kappa shape index (κ1) is 16.4. The van der Waals surface area contributed by atoms with Crippen LogP contribution in [0.3, 0.4) is 0 Å². The van der Waals surface area contributed by atoms with Crippen molar-refractivity contribution >= 4 is 17.5 Å². The van der Waals surface area contributed by atoms with E-state index in [-0.39, 0.29) is 24.4 Å². The van der Waals surface area contributed by atoms with Crippen LogP contribution >= 0.6 is 0 Å². The molecule has 0 unspecified atom stereocenters. The largest absolute Gasteiger partial charge is 0.491 e. The van der Waals surface area contributed by atoms with Crippen LogP contribution in [0.1, 0.15) is 32.1 Å². The monoisotopic (exact) mass is 343 g/mol. The fraction of sp³-hybridized carbons (Fsp3) is 0.579. The molecule has 3 aliphatic heterocycles. The lowest BCUT2D eigenvalue weighted by Gasteiger charge is -2.33. The van der Waals surface area contributed by atoms with Crippen LogP contribution in [0.15, 0.2) is 24.3 Å². The predicted molar refractivity (Wildman–Crippen MR) is 94.7 cm³/mol. The quantitative estimate of drug-likeness (QED) is 0.904. The van der Waals surface area contributed by atoms with Crippen LogP contribution in [-0.4, -0.2) is 55.0 Å². The van der Waals surface area contributed by atoms with E-state index in [4.69, 9.17) is 4.74 Å². The van der Waals surface area contributed by atoms with Crippen molar-refractivity contribution < 1.29 is 14.3 Å². The number of nitrogens with zero attached hydrogens (tertiary/aromatic N) is 2. The van der Waals surface area contributed by atoms with Crippen LogP contribution in [0, 0.1) is 0 Å². The Balaban J connectivity index is 1.44. The van der Waals surface area contributed by atoms with Gasteiger partial charge in [-0.15, -0.1) is 0 Å². The standard InChI is InChI=1S/C19H25N3O3/c23-18(20-14-8-11-21-10-4-3-5-15(14)21)13-22-16-6-1-2-7-17(16)25-12-9-19(22)24/h1-2,6-7,14-15H,3-5,8-13H2,(H,20,23)/t14-,15+/m0/s1. The van der Waals surface area contributed by atoms with Crippen LogP contribution in [0.2, 0.25) is 0 Å². The first-order valence-corrected chi connectivity index (χ1v) is 9.28. The maximum Gasteiger partial charge on any atom is 0.240 e. The van der Waals surface area contributed by atoms with Gasteiger partial charge in [-0.2, -0.15) is 0 Å². The molecule has 3 aliphatic rings. The Labute approximate surface area is 148 Å². The molecular weight excluding hydrogens is 318 g/mol. The van der Waals surface area contributed by atoms with Crippen molar-refractivity contribution in [1.82, 2.24) is 10.2 Å². The van der Waals surface area contributed by atoms with Gasteiger partial charge in [-0.25, -0.2) is 0 Å². The second-order valence-electron chi connectivity index (χ2n) is 7.11. The van der Waals surface area contributed by atoms with Crippen molar-refractivity contribution in [1.29, 1.82) is 0 Å². The molecule has 6 nitrogen and oxygen atoms in total. The van der Waals surface area contributed by atoms with Crippen molar-refractivity contribution in [2.24, 2.45) is 0 Å². The molecule has 2 saturated heterocycles. The molecule has 1 N–H and O–H groups in total. The Morgan fingerprint density at radius 1 is 1.20 bits per heavy atom. The van der Waals surface area contributed by atoms with Gasteiger partial charge in [0.1, 0.15) is 12.3 Å². The molecule has 6 heteroatoms. The van der Waals surface area contributed by atoms with E-state index < -0.39 is 0 Å². The lowest BCUT2D eigenvalue weighted by Crippen LogP contribution is -2.50. The highest BCUT2D eigenvalue weighted by Gasteiger charge is 2.36. The number of amides is 2. The summed E-state index contributed by atoms with van der Waals surface area (Å²) in [7, 11) is 0. The van der Waals surface area contributed by atoms with E-state index >= 15 is 0 Å². The molecule has 25 heavy (non-hydrogen) atoms. The molecule has 1 aromatic rings. The van der Waals surface area contributed by atoms with E-state index in [1.807, 2.05) is 24.3 Å². The number of para-hydroxylation sites is 2. The van der Waals surface area contributed by atoms with Gasteiger partial charge in [0.2, 0.25) is 11.8 Å². The first-order valence-electron chi connectivity index (χ1n) is 9.28. The molecule has 2 atom stereocenters. The maximum absolute atomic E-state index is 12.6. The normalized spacial score (nSPS) is 26.4. The molecule has 3 heterocycles. The highest BCUT2D eigenvalue weighted by Crippen LogP contribution is 2.31. The Kier molecular flexibility index (Phi) is 4.61. The topological polar surface area (TPSA) is 61.9 Å². The molecule has 0 aromatic heterocycles. The number of rotatable bonds is 3. The summed E-state index contributed by atoms with van der Waals surface area (Å²) < 4.78 is 5.63. The molecule has 0 saturated carbocycles. The number of nitrogens with one attached hydrogen (secondary N) is 1. The molecule has 0 spiro atoms. The van der Waals surface area contributed by atoms with Crippen molar-refractivity contribution in [3.63, 3.8) is 0 Å². The zero-order valence-corrected chi connectivity index (χ0v) is 14.4. The summed E-state index contributed by atoms with van der Waals surface area (Å²) >= 11 is 0. The molecule has 2 fully saturated rings. The molecule has 0 aliphatic carbocycles. The Morgan fingerprint density at radius 2 is 2.08 bits per heavy atom. The van der Waals surface area contributed by atoms with Gasteiger partial charge in [0.05, 0.1) is 18.7 Å². The average molecular weight is 343 g/mol. The van der Waals surface area contributed by atoms with Gasteiger partial charge >= 0.3 is 0 Å². The van der Waals surface area contributed by atoms with Crippen LogP contribution in [-0.2, 0) is 9.59 Å². The maximum atomic E-state index is 12.6. The number of fused-ring (bicyclic) bond motifs is 2. The number of hydrogen-bond donors (Lipinski definition) is 1. The average Bonchev–Trinajstić information content (AvgIpc) is 2.96. The van der Waals surface area contributed by atoms with E-state index in [2.05, 4.69) is 10.2 Å². The minimum Gasteiger partial charge on any atom is -0.491 e. The van der Waals surface area contributed by atoms with E-state index in [1.54, 1.807) is 4.90 Å². The van der Waals surface area contributed by atoms with E-state index in [1.165, 1.54) is 12.8 Å². The third-order valence-corrected chi connectivity index (χ3v) is 5.53. The molecule has 134 valence electrons. The minimum atomic E-state index is -0.0810. The number of ether oxygens (including phenoxy) is 1. The zero-order valence-electron chi connectivity index (χ0n) is 14.4. The number of carbonyl (C=O) groups excluding carboxylic acids is 2. The molecule has 1 aromatic carbocycles. The lowest BCUT2D eigenvalue weighted by atomic mass is 9.99. The van der Waals surface area contributed by atoms with Crippen LogP contribution in [0.4, 0.5) is 5.69 Å². The van der Waals surface area contributed by atoms with Gasteiger partial charge in [0.25, 0.3) is 0 Å². The molecule has 2 amide bonds. The van der Waals surface area contributed by atoms with Crippen LogP contribution < -0.4 is 15.0 Å². The van der Waals surface area contributed by atoms with Crippen LogP contribution in [0.5, 0.6) is 5.75 Å². The van der Waals surface area contributed by atoms with Crippen molar-refractivity contribution in [3.8, 4) is 5.75 Å². The van der Waals surface area contributed by atoms with E-state index in [0.717, 1.165) is 25.9 Å². The lowest BCUT2D eigenvalue weighted by molar-refractivity contribution is -0.124. The second kappa shape index (κ2) is 7.04. The first-order chi connectivity index (χ1) is 12.2. The van der Waals surface area contributed by atoms with Crippen LogP contribution in [0.25, 0.3) is 0 Å². The SMILES string of the molecule is O=C(CN1C(=O)CCOc2ccccc21)N[C@H]1CCN2CCCC[C@H]12. The van der Waals surface area contributed by atoms with Crippen molar-refractivity contribution in [2.75, 3.05) is 31.1 Å². The van der Waals surface area contributed by atoms with Gasteiger partial charge in [0, 0.05) is 18.6 Å². The molecule has 0 radical (unpaired) electrons. The van der Waals surface area contributed by atoms with Crippen molar-refractivity contribution in [3.05, 3.63) is 24.3 Å². The summed E-state index contributed by atoms with van der Waals surface area (Å²) in [6.45, 7) is 2.62. The Morgan fingerprint density at radius 3 is 3.00 bits per heavy atom. The van der Waals surface area contributed by atoms with E-state index in [0.29, 0.717) is 30.5 Å². The number of hydrogen-bond acceptors (Lipinski definition) is 4. The summed E-state index contributed by atoms with van der Waals surface area (Å²) in [6.07, 6.45) is 4.95. The highest BCUT2D eigenvalue weighted by atomic mass is 16.5. The summed E-state index contributed by atoms with van der Waals surface area (Å²) in [5.74, 6) is 0.522. The van der Waals surface area contributed by atoms with E-state index in [9.17, 15) is 9.59 Å². The number of anilines is 1. The fourth-order valence-corrected chi connectivity index (χ4v) is 4.30. The third-order valence-electron chi connectivity index (χ3n) is 5.53. The Hall–Kier alpha value is -2.08. The number of benzene rings is 1. The smallest absolute Gasteiger partial charge is 0.240 e. The summed E-state index contributed by atoms with van der Waals surface area (Å²) in [4.78, 5) is 29.1. The Bertz CT molecular complexity index is 663. The predicted octanol–water partition coefficient (Wildman–Crippen LogP) is 1.55. The van der Waals surface area contributed by atoms with Crippen molar-refractivity contribution in [2.45, 2.75) is 44.2 Å². The molecule has 4 rings (SSSR count). The molecular formula is C19H25N3O3. The number of carbonyl (C=O) groups is 2. The number of piperidine rings is 1. The van der Waals surface area contributed by atoms with Gasteiger partial charge in [-0.1, -0.05) is 18.6 Å². The summed E-state index contributed by atoms with van der Waals surface area (Å²) in [6, 6.07) is 8.10. The van der Waals surface area contributed by atoms with Gasteiger partial charge in [0.15, 0.2) is 0 Å². The second-order valence-corrected chi connectivity index (χ2v) is 7.11. The van der Waals surface area contributed by atoms with Gasteiger partial charge in [-0.05, 0) is 37.9 Å². The van der Waals surface area contributed by atoms with Gasteiger partial charge in [-0.3, -0.25) is 19.4 Å². The zero-order chi connectivity index (χ0) is 17.2. The van der Waals surface area contributed by atoms with Gasteiger partial charge < -0.3 is 10.1 Å². The summed E-state index contributed by atoms with van der Waals surface area (Å²) in [5, 5.41) is 3.18. The molecule has 0 bridgehead atoms. The highest BCUT2D eigenvalue weighted by molar-refractivity contribution is 6.00. The fourth-order valence-electron chi connectivity index (χ4n) is 4.30. The summed E-state index contributed by atoms with van der Waals surface area (Å²) in [5.41, 5.74) is 0.686. The minimum absolute atomic E-state index is 0.0580. The third kappa shape index (κ3) is 3.35.